The Morgan fingerprint density at radius 2 is 1.55 bits per heavy atom. The molecule has 0 aliphatic heterocycles. The molecule has 0 aliphatic rings. The van der Waals surface area contributed by atoms with Gasteiger partial charge in [-0.1, -0.05) is 53.5 Å². The van der Waals surface area contributed by atoms with Crippen LogP contribution in [-0.4, -0.2) is 19.1 Å². The van der Waals surface area contributed by atoms with E-state index in [9.17, 15) is 4.79 Å². The molecule has 0 bridgehead atoms. The summed E-state index contributed by atoms with van der Waals surface area (Å²) in [5, 5.41) is 6.86. The molecule has 0 spiro atoms. The van der Waals surface area contributed by atoms with Crippen LogP contribution in [0.2, 0.25) is 10.0 Å². The van der Waals surface area contributed by atoms with Crippen molar-refractivity contribution in [2.45, 2.75) is 12.8 Å². The molecule has 3 aromatic carbocycles. The number of ether oxygens (including phenoxy) is 1. The highest BCUT2D eigenvalue weighted by molar-refractivity contribution is 6.35. The van der Waals surface area contributed by atoms with E-state index in [1.54, 1.807) is 18.2 Å². The minimum absolute atomic E-state index is 0.106. The molecular formula is C23H22Cl2N2O2. The fraction of sp³-hybridized carbons (Fsp3) is 0.174. The molecule has 2 N–H and O–H groups in total. The van der Waals surface area contributed by atoms with E-state index < -0.39 is 0 Å². The zero-order chi connectivity index (χ0) is 20.5. The number of carbonyl (C=O) groups is 1. The molecule has 29 heavy (non-hydrogen) atoms. The van der Waals surface area contributed by atoms with Gasteiger partial charge in [0.1, 0.15) is 5.75 Å². The minimum Gasteiger partial charge on any atom is -0.494 e. The van der Waals surface area contributed by atoms with Crippen LogP contribution >= 0.6 is 23.2 Å². The van der Waals surface area contributed by atoms with Crippen molar-refractivity contribution < 1.29 is 9.53 Å². The van der Waals surface area contributed by atoms with Crippen molar-refractivity contribution in [1.29, 1.82) is 0 Å². The Balaban J connectivity index is 1.39. The summed E-state index contributed by atoms with van der Waals surface area (Å²) >= 11 is 11.9. The molecule has 150 valence electrons. The molecule has 0 heterocycles. The Bertz CT molecular complexity index is 911. The van der Waals surface area contributed by atoms with E-state index in [2.05, 4.69) is 22.8 Å². The lowest BCUT2D eigenvalue weighted by molar-refractivity contribution is -0.114. The molecule has 0 saturated heterocycles. The predicted molar refractivity (Wildman–Crippen MR) is 120 cm³/mol. The van der Waals surface area contributed by atoms with Gasteiger partial charge in [0.25, 0.3) is 0 Å². The normalized spacial score (nSPS) is 10.4. The maximum atomic E-state index is 12.1. The topological polar surface area (TPSA) is 50.4 Å². The highest BCUT2D eigenvalue weighted by atomic mass is 35.5. The molecule has 0 fully saturated rings. The van der Waals surface area contributed by atoms with E-state index in [0.717, 1.165) is 18.6 Å². The molecule has 0 atom stereocenters. The van der Waals surface area contributed by atoms with Crippen LogP contribution < -0.4 is 15.4 Å². The predicted octanol–water partition coefficient (Wildman–Crippen LogP) is 6.06. The van der Waals surface area contributed by atoms with Gasteiger partial charge in [-0.2, -0.15) is 0 Å². The highest BCUT2D eigenvalue weighted by Gasteiger charge is 2.04. The van der Waals surface area contributed by atoms with Crippen molar-refractivity contribution >= 4 is 40.5 Å². The third-order valence-electron chi connectivity index (χ3n) is 4.18. The third kappa shape index (κ3) is 7.33. The third-order valence-corrected chi connectivity index (χ3v) is 4.61. The van der Waals surface area contributed by atoms with Gasteiger partial charge in [-0.3, -0.25) is 4.79 Å². The van der Waals surface area contributed by atoms with Crippen molar-refractivity contribution in [3.63, 3.8) is 0 Å². The first-order chi connectivity index (χ1) is 14.1. The van der Waals surface area contributed by atoms with Crippen molar-refractivity contribution in [2.24, 2.45) is 0 Å². The average molecular weight is 429 g/mol. The van der Waals surface area contributed by atoms with Crippen LogP contribution in [0, 0.1) is 0 Å². The van der Waals surface area contributed by atoms with Gasteiger partial charge in [0, 0.05) is 21.4 Å². The van der Waals surface area contributed by atoms with Gasteiger partial charge in [-0.15, -0.1) is 0 Å². The number of halogens is 2. The molecule has 0 unspecified atom stereocenters. The van der Waals surface area contributed by atoms with Crippen molar-refractivity contribution in [2.75, 3.05) is 23.8 Å². The quantitative estimate of drug-likeness (QED) is 0.407. The lowest BCUT2D eigenvalue weighted by Gasteiger charge is -2.10. The number of benzene rings is 3. The van der Waals surface area contributed by atoms with Crippen molar-refractivity contribution in [3.05, 3.63) is 88.4 Å². The second kappa shape index (κ2) is 10.7. The van der Waals surface area contributed by atoms with Crippen LogP contribution in [0.15, 0.2) is 72.8 Å². The monoisotopic (exact) mass is 428 g/mol. The maximum absolute atomic E-state index is 12.1. The van der Waals surface area contributed by atoms with E-state index >= 15 is 0 Å². The van der Waals surface area contributed by atoms with Gasteiger partial charge in [0.2, 0.25) is 5.91 Å². The number of rotatable bonds is 9. The summed E-state index contributed by atoms with van der Waals surface area (Å²) in [5.74, 6) is 0.611. The van der Waals surface area contributed by atoms with Crippen molar-refractivity contribution in [3.8, 4) is 5.75 Å². The number of amides is 1. The van der Waals surface area contributed by atoms with Crippen LogP contribution in [0.3, 0.4) is 0 Å². The fourth-order valence-electron chi connectivity index (χ4n) is 2.79. The molecule has 0 saturated carbocycles. The van der Waals surface area contributed by atoms with Crippen LogP contribution in [0.4, 0.5) is 11.4 Å². The first-order valence-corrected chi connectivity index (χ1v) is 10.1. The lowest BCUT2D eigenvalue weighted by Crippen LogP contribution is -2.21. The van der Waals surface area contributed by atoms with Gasteiger partial charge in [-0.05, 0) is 60.9 Å². The first kappa shape index (κ1) is 21.0. The number of hydrogen-bond donors (Lipinski definition) is 2. The summed E-state index contributed by atoms with van der Waals surface area (Å²) in [7, 11) is 0. The first-order valence-electron chi connectivity index (χ1n) is 9.35. The molecule has 0 radical (unpaired) electrons. The standard InChI is InChI=1S/C23H22Cl2N2O2/c24-18-13-19(25)15-21(14-18)26-16-23(28)27-20-8-10-22(11-9-20)29-12-4-7-17-5-2-1-3-6-17/h1-3,5-6,8-11,13-15,26H,4,7,12,16H2,(H,27,28). The molecule has 3 rings (SSSR count). The summed E-state index contributed by atoms with van der Waals surface area (Å²) in [5.41, 5.74) is 2.71. The Kier molecular flexibility index (Phi) is 7.79. The van der Waals surface area contributed by atoms with Crippen LogP contribution in [0.25, 0.3) is 0 Å². The Hall–Kier alpha value is -2.69. The maximum Gasteiger partial charge on any atom is 0.243 e. The zero-order valence-corrected chi connectivity index (χ0v) is 17.3. The number of nitrogens with one attached hydrogen (secondary N) is 2. The van der Waals surface area contributed by atoms with Crippen LogP contribution in [-0.2, 0) is 11.2 Å². The second-order valence-corrected chi connectivity index (χ2v) is 7.39. The van der Waals surface area contributed by atoms with Gasteiger partial charge in [0.15, 0.2) is 0 Å². The zero-order valence-electron chi connectivity index (χ0n) is 15.8. The number of anilines is 2. The van der Waals surface area contributed by atoms with E-state index in [1.165, 1.54) is 5.56 Å². The second-order valence-electron chi connectivity index (χ2n) is 6.52. The Morgan fingerprint density at radius 1 is 0.862 bits per heavy atom. The summed E-state index contributed by atoms with van der Waals surface area (Å²) in [6.45, 7) is 0.751. The molecule has 6 heteroatoms. The molecule has 1 amide bonds. The van der Waals surface area contributed by atoms with Gasteiger partial charge >= 0.3 is 0 Å². The number of hydrogen-bond acceptors (Lipinski definition) is 3. The summed E-state index contributed by atoms with van der Waals surface area (Å²) < 4.78 is 5.77. The summed E-state index contributed by atoms with van der Waals surface area (Å²) in [6.07, 6.45) is 1.93. The van der Waals surface area contributed by atoms with Crippen LogP contribution in [0.5, 0.6) is 5.75 Å². The Labute approximate surface area is 180 Å². The number of carbonyl (C=O) groups excluding carboxylic acids is 1. The van der Waals surface area contributed by atoms with Gasteiger partial charge in [0.05, 0.1) is 13.2 Å². The molecule has 0 aromatic heterocycles. The van der Waals surface area contributed by atoms with Gasteiger partial charge < -0.3 is 15.4 Å². The minimum atomic E-state index is -0.169. The average Bonchev–Trinajstić information content (AvgIpc) is 2.71. The lowest BCUT2D eigenvalue weighted by atomic mass is 10.1. The summed E-state index contributed by atoms with van der Waals surface area (Å²) in [6, 6.07) is 22.7. The highest BCUT2D eigenvalue weighted by Crippen LogP contribution is 2.22. The molecule has 0 aliphatic carbocycles. The smallest absolute Gasteiger partial charge is 0.243 e. The van der Waals surface area contributed by atoms with E-state index in [0.29, 0.717) is 28.0 Å². The molecule has 4 nitrogen and oxygen atoms in total. The van der Waals surface area contributed by atoms with Crippen molar-refractivity contribution in [1.82, 2.24) is 0 Å². The molecular weight excluding hydrogens is 407 g/mol. The van der Waals surface area contributed by atoms with E-state index in [1.807, 2.05) is 42.5 Å². The van der Waals surface area contributed by atoms with Gasteiger partial charge in [-0.25, -0.2) is 0 Å². The summed E-state index contributed by atoms with van der Waals surface area (Å²) in [4.78, 5) is 12.1. The SMILES string of the molecule is O=C(CNc1cc(Cl)cc(Cl)c1)Nc1ccc(OCCCc2ccccc2)cc1. The largest absolute Gasteiger partial charge is 0.494 e. The van der Waals surface area contributed by atoms with E-state index in [-0.39, 0.29) is 12.5 Å². The Morgan fingerprint density at radius 3 is 2.24 bits per heavy atom. The van der Waals surface area contributed by atoms with Crippen LogP contribution in [0.1, 0.15) is 12.0 Å². The molecule has 3 aromatic rings. The number of aryl methyl sites for hydroxylation is 1. The fourth-order valence-corrected chi connectivity index (χ4v) is 3.31. The van der Waals surface area contributed by atoms with E-state index in [4.69, 9.17) is 27.9 Å².